The maximum atomic E-state index is 5.68. The van der Waals surface area contributed by atoms with Gasteiger partial charge in [-0.3, -0.25) is 0 Å². The highest BCUT2D eigenvalue weighted by Gasteiger charge is 2.22. The number of aryl methyl sites for hydroxylation is 1. The van der Waals surface area contributed by atoms with Crippen LogP contribution in [0.5, 0.6) is 0 Å². The molecule has 0 saturated carbocycles. The molecule has 19 heavy (non-hydrogen) atoms. The number of nitrogens with zero attached hydrogens (tertiary/aromatic N) is 3. The molecule has 1 aromatic heterocycles. The molecule has 5 heteroatoms. The molecule has 1 unspecified atom stereocenters. The van der Waals surface area contributed by atoms with E-state index in [0.717, 1.165) is 5.82 Å². The summed E-state index contributed by atoms with van der Waals surface area (Å²) in [4.78, 5) is 4.31. The smallest absolute Gasteiger partial charge is 0.158 e. The monoisotopic (exact) mass is 259 g/mol. The lowest BCUT2D eigenvalue weighted by Gasteiger charge is -2.22. The summed E-state index contributed by atoms with van der Waals surface area (Å²) in [5.74, 6) is 0.834. The van der Waals surface area contributed by atoms with E-state index in [0.29, 0.717) is 26.4 Å². The van der Waals surface area contributed by atoms with Crippen LogP contribution in [0.1, 0.15) is 23.1 Å². The van der Waals surface area contributed by atoms with Gasteiger partial charge >= 0.3 is 0 Å². The van der Waals surface area contributed by atoms with Crippen molar-refractivity contribution in [1.29, 1.82) is 0 Å². The van der Waals surface area contributed by atoms with Crippen LogP contribution in [0.3, 0.4) is 0 Å². The van der Waals surface area contributed by atoms with Gasteiger partial charge in [-0.15, -0.1) is 0 Å². The maximum absolute atomic E-state index is 5.68. The summed E-state index contributed by atoms with van der Waals surface area (Å²) in [5.41, 5.74) is 2.46. The van der Waals surface area contributed by atoms with Crippen LogP contribution in [0, 0.1) is 6.92 Å². The molecule has 2 heterocycles. The molecule has 2 aromatic rings. The molecule has 0 amide bonds. The highest BCUT2D eigenvalue weighted by Crippen LogP contribution is 2.19. The van der Waals surface area contributed by atoms with Crippen LogP contribution in [0.2, 0.25) is 0 Å². The first-order chi connectivity index (χ1) is 9.33. The molecule has 100 valence electrons. The standard InChI is InChI=1S/C14H17N3O2/c1-11-3-2-4-12(7-11)8-17-14(15-10-16-17)13-9-18-5-6-19-13/h2-4,7,10,13H,5-6,8-9H2,1H3. The second kappa shape index (κ2) is 5.50. The predicted octanol–water partition coefficient (Wildman–Crippen LogP) is 1.72. The molecule has 1 saturated heterocycles. The lowest BCUT2D eigenvalue weighted by molar-refractivity contribution is -0.0948. The minimum Gasteiger partial charge on any atom is -0.376 e. The van der Waals surface area contributed by atoms with E-state index < -0.39 is 0 Å². The molecule has 1 aliphatic rings. The number of hydrogen-bond donors (Lipinski definition) is 0. The van der Waals surface area contributed by atoms with Crippen LogP contribution in [0.25, 0.3) is 0 Å². The fourth-order valence-electron chi connectivity index (χ4n) is 2.26. The number of aromatic nitrogens is 3. The fraction of sp³-hybridized carbons (Fsp3) is 0.429. The average molecular weight is 259 g/mol. The summed E-state index contributed by atoms with van der Waals surface area (Å²) in [6.45, 7) is 4.61. The van der Waals surface area contributed by atoms with Gasteiger partial charge in [0.25, 0.3) is 0 Å². The Kier molecular flexibility index (Phi) is 3.57. The Bertz CT molecular complexity index is 547. The molecule has 0 radical (unpaired) electrons. The Labute approximate surface area is 112 Å². The number of hydrogen-bond acceptors (Lipinski definition) is 4. The zero-order valence-corrected chi connectivity index (χ0v) is 11.0. The number of rotatable bonds is 3. The molecule has 0 N–H and O–H groups in total. The lowest BCUT2D eigenvalue weighted by atomic mass is 10.1. The summed E-state index contributed by atoms with van der Waals surface area (Å²) in [7, 11) is 0. The highest BCUT2D eigenvalue weighted by atomic mass is 16.6. The minimum atomic E-state index is -0.110. The minimum absolute atomic E-state index is 0.110. The van der Waals surface area contributed by atoms with E-state index in [2.05, 4.69) is 41.3 Å². The quantitative estimate of drug-likeness (QED) is 0.842. The molecule has 1 atom stereocenters. The largest absolute Gasteiger partial charge is 0.376 e. The van der Waals surface area contributed by atoms with Crippen molar-refractivity contribution in [3.05, 3.63) is 47.5 Å². The first-order valence-electron chi connectivity index (χ1n) is 6.45. The van der Waals surface area contributed by atoms with Gasteiger partial charge in [-0.1, -0.05) is 29.8 Å². The Balaban J connectivity index is 1.80. The number of benzene rings is 1. The van der Waals surface area contributed by atoms with E-state index >= 15 is 0 Å². The summed E-state index contributed by atoms with van der Waals surface area (Å²) < 4.78 is 13.0. The Hall–Kier alpha value is -1.72. The molecular weight excluding hydrogens is 242 g/mol. The highest BCUT2D eigenvalue weighted by molar-refractivity contribution is 5.22. The third kappa shape index (κ3) is 2.83. The Morgan fingerprint density at radius 3 is 3.11 bits per heavy atom. The second-order valence-electron chi connectivity index (χ2n) is 4.70. The van der Waals surface area contributed by atoms with Gasteiger partial charge in [0, 0.05) is 0 Å². The number of ether oxygens (including phenoxy) is 2. The SMILES string of the molecule is Cc1cccc(Cn2ncnc2C2COCCO2)c1. The van der Waals surface area contributed by atoms with Crippen molar-refractivity contribution >= 4 is 0 Å². The first-order valence-corrected chi connectivity index (χ1v) is 6.45. The molecule has 1 aromatic carbocycles. The molecular formula is C14H17N3O2. The van der Waals surface area contributed by atoms with E-state index in [-0.39, 0.29) is 6.10 Å². The fourth-order valence-corrected chi connectivity index (χ4v) is 2.26. The van der Waals surface area contributed by atoms with Gasteiger partial charge in [-0.25, -0.2) is 9.67 Å². The predicted molar refractivity (Wildman–Crippen MR) is 69.8 cm³/mol. The van der Waals surface area contributed by atoms with Crippen LogP contribution in [-0.4, -0.2) is 34.6 Å². The van der Waals surface area contributed by atoms with Crippen molar-refractivity contribution < 1.29 is 9.47 Å². The van der Waals surface area contributed by atoms with E-state index in [4.69, 9.17) is 9.47 Å². The van der Waals surface area contributed by atoms with Crippen molar-refractivity contribution in [1.82, 2.24) is 14.8 Å². The average Bonchev–Trinajstić information content (AvgIpc) is 2.88. The second-order valence-corrected chi connectivity index (χ2v) is 4.70. The van der Waals surface area contributed by atoms with E-state index in [9.17, 15) is 0 Å². The molecule has 1 aliphatic heterocycles. The Morgan fingerprint density at radius 1 is 1.37 bits per heavy atom. The van der Waals surface area contributed by atoms with Crippen molar-refractivity contribution in [2.75, 3.05) is 19.8 Å². The van der Waals surface area contributed by atoms with Crippen LogP contribution < -0.4 is 0 Å². The topological polar surface area (TPSA) is 49.2 Å². The van der Waals surface area contributed by atoms with Gasteiger partial charge in [-0.2, -0.15) is 5.10 Å². The van der Waals surface area contributed by atoms with Crippen LogP contribution in [0.4, 0.5) is 0 Å². The maximum Gasteiger partial charge on any atom is 0.158 e. The molecule has 0 bridgehead atoms. The Morgan fingerprint density at radius 2 is 2.32 bits per heavy atom. The molecule has 1 fully saturated rings. The van der Waals surface area contributed by atoms with Crippen LogP contribution in [-0.2, 0) is 16.0 Å². The molecule has 3 rings (SSSR count). The zero-order chi connectivity index (χ0) is 13.1. The van der Waals surface area contributed by atoms with Gasteiger partial charge in [0.05, 0.1) is 26.4 Å². The van der Waals surface area contributed by atoms with Gasteiger partial charge in [0.2, 0.25) is 0 Å². The van der Waals surface area contributed by atoms with Crippen molar-refractivity contribution in [3.63, 3.8) is 0 Å². The van der Waals surface area contributed by atoms with Crippen molar-refractivity contribution in [2.24, 2.45) is 0 Å². The molecule has 0 spiro atoms. The summed E-state index contributed by atoms with van der Waals surface area (Å²) in [6, 6.07) is 8.39. The summed E-state index contributed by atoms with van der Waals surface area (Å²) in [6.07, 6.45) is 1.46. The van der Waals surface area contributed by atoms with Gasteiger partial charge in [0.15, 0.2) is 5.82 Å². The van der Waals surface area contributed by atoms with Gasteiger partial charge in [-0.05, 0) is 12.5 Å². The third-order valence-electron chi connectivity index (χ3n) is 3.16. The van der Waals surface area contributed by atoms with E-state index in [1.807, 2.05) is 4.68 Å². The molecule has 0 aliphatic carbocycles. The zero-order valence-electron chi connectivity index (χ0n) is 11.0. The normalized spacial score (nSPS) is 19.5. The summed E-state index contributed by atoms with van der Waals surface area (Å²) in [5, 5.41) is 4.29. The van der Waals surface area contributed by atoms with Crippen LogP contribution in [0.15, 0.2) is 30.6 Å². The van der Waals surface area contributed by atoms with Gasteiger partial charge < -0.3 is 9.47 Å². The van der Waals surface area contributed by atoms with Crippen LogP contribution >= 0.6 is 0 Å². The van der Waals surface area contributed by atoms with E-state index in [1.54, 1.807) is 6.33 Å². The van der Waals surface area contributed by atoms with Crippen molar-refractivity contribution in [3.8, 4) is 0 Å². The summed E-state index contributed by atoms with van der Waals surface area (Å²) >= 11 is 0. The third-order valence-corrected chi connectivity index (χ3v) is 3.16. The lowest BCUT2D eigenvalue weighted by Crippen LogP contribution is -2.25. The van der Waals surface area contributed by atoms with Gasteiger partial charge in [0.1, 0.15) is 12.4 Å². The van der Waals surface area contributed by atoms with Crippen molar-refractivity contribution in [2.45, 2.75) is 19.6 Å². The first kappa shape index (κ1) is 12.3. The van der Waals surface area contributed by atoms with E-state index in [1.165, 1.54) is 11.1 Å². The molecule has 5 nitrogen and oxygen atoms in total.